The molecular formula is C23H25N5O4. The molecule has 0 saturated carbocycles. The predicted molar refractivity (Wildman–Crippen MR) is 119 cm³/mol. The van der Waals surface area contributed by atoms with Crippen molar-refractivity contribution in [3.8, 4) is 11.5 Å². The average molecular weight is 435 g/mol. The number of aliphatic hydroxyl groups excluding tert-OH is 1. The number of allylic oxidation sites excluding steroid dienone is 1. The van der Waals surface area contributed by atoms with E-state index in [1.165, 1.54) is 0 Å². The number of fused-ring (bicyclic) bond motifs is 2. The molecule has 3 N–H and O–H groups in total. The summed E-state index contributed by atoms with van der Waals surface area (Å²) in [6.45, 7) is 5.73. The Morgan fingerprint density at radius 2 is 2.16 bits per heavy atom. The Hall–Kier alpha value is -3.27. The molecule has 2 aromatic heterocycles. The molecule has 5 rings (SSSR count). The Balaban J connectivity index is 1.55. The maximum atomic E-state index is 13.2. The Morgan fingerprint density at radius 1 is 1.31 bits per heavy atom. The number of aromatic amines is 1. The molecule has 2 aliphatic rings. The van der Waals surface area contributed by atoms with E-state index in [9.17, 15) is 9.90 Å². The topological polar surface area (TPSA) is 113 Å². The normalized spacial score (nSPS) is 18.7. The highest BCUT2D eigenvalue weighted by atomic mass is 16.5. The molecule has 0 bridgehead atoms. The van der Waals surface area contributed by atoms with Crippen molar-refractivity contribution in [1.82, 2.24) is 25.4 Å². The van der Waals surface area contributed by atoms with Crippen LogP contribution >= 0.6 is 0 Å². The lowest BCUT2D eigenvalue weighted by atomic mass is 9.99. The second-order valence-corrected chi connectivity index (χ2v) is 7.84. The Morgan fingerprint density at radius 3 is 2.97 bits per heavy atom. The van der Waals surface area contributed by atoms with Gasteiger partial charge in [-0.05, 0) is 31.2 Å². The number of ketones is 1. The first kappa shape index (κ1) is 20.6. The number of carbonyl (C=O) groups excluding carboxylic acids is 1. The molecule has 9 heteroatoms. The van der Waals surface area contributed by atoms with Gasteiger partial charge in [0.25, 0.3) is 0 Å². The molecule has 0 spiro atoms. The van der Waals surface area contributed by atoms with Crippen molar-refractivity contribution in [2.75, 3.05) is 39.4 Å². The number of aliphatic hydroxyl groups is 1. The van der Waals surface area contributed by atoms with Gasteiger partial charge < -0.3 is 19.9 Å². The van der Waals surface area contributed by atoms with E-state index in [1.54, 1.807) is 24.4 Å². The fourth-order valence-electron chi connectivity index (χ4n) is 4.29. The van der Waals surface area contributed by atoms with Crippen LogP contribution in [0.25, 0.3) is 17.1 Å². The van der Waals surface area contributed by atoms with Gasteiger partial charge in [-0.2, -0.15) is 5.10 Å². The summed E-state index contributed by atoms with van der Waals surface area (Å²) in [6.07, 6.45) is 3.33. The SMILES string of the molecule is CC(c1c(OCCO)ccc2c1O/C(=C\c1n[nH]c3ncccc13)C2=O)N1CCNCC1. The van der Waals surface area contributed by atoms with E-state index in [0.717, 1.165) is 37.1 Å². The van der Waals surface area contributed by atoms with Gasteiger partial charge in [0.05, 0.1) is 23.4 Å². The first-order valence-electron chi connectivity index (χ1n) is 10.8. The van der Waals surface area contributed by atoms with Crippen LogP contribution in [0, 0.1) is 0 Å². The molecule has 0 aliphatic carbocycles. The third kappa shape index (κ3) is 3.64. The minimum atomic E-state index is -0.192. The molecule has 4 heterocycles. The van der Waals surface area contributed by atoms with Crippen molar-refractivity contribution in [3.05, 3.63) is 53.0 Å². The van der Waals surface area contributed by atoms with Crippen LogP contribution in [0.1, 0.15) is 34.6 Å². The molecule has 1 aromatic carbocycles. The maximum Gasteiger partial charge on any atom is 0.232 e. The van der Waals surface area contributed by atoms with Gasteiger partial charge in [0.2, 0.25) is 5.78 Å². The Kier molecular flexibility index (Phi) is 5.60. The van der Waals surface area contributed by atoms with Gasteiger partial charge >= 0.3 is 0 Å². The number of benzene rings is 1. The van der Waals surface area contributed by atoms with Crippen LogP contribution < -0.4 is 14.8 Å². The van der Waals surface area contributed by atoms with E-state index >= 15 is 0 Å². The fourth-order valence-corrected chi connectivity index (χ4v) is 4.29. The highest BCUT2D eigenvalue weighted by molar-refractivity contribution is 6.15. The third-order valence-electron chi connectivity index (χ3n) is 5.94. The number of nitrogens with one attached hydrogen (secondary N) is 2. The number of pyridine rings is 1. The van der Waals surface area contributed by atoms with E-state index < -0.39 is 0 Å². The Bertz CT molecular complexity index is 1180. The van der Waals surface area contributed by atoms with Gasteiger partial charge in [0.1, 0.15) is 18.1 Å². The number of aromatic nitrogens is 3. The average Bonchev–Trinajstić information content (AvgIpc) is 3.38. The summed E-state index contributed by atoms with van der Waals surface area (Å²) in [6, 6.07) is 7.21. The summed E-state index contributed by atoms with van der Waals surface area (Å²) < 4.78 is 12.0. The molecule has 9 nitrogen and oxygen atoms in total. The minimum absolute atomic E-state index is 0.0247. The molecule has 1 fully saturated rings. The standard InChI is InChI=1S/C23H25N5O4/c1-14(28-9-7-24-8-10-28)20-18(31-12-11-29)5-4-16-21(30)19(32-22(16)20)13-17-15-3-2-6-25-23(15)27-26-17/h2-6,13-14,24,29H,7-12H2,1H3,(H,25,26,27)/b19-13-. The molecule has 2 aliphatic heterocycles. The van der Waals surface area contributed by atoms with Crippen LogP contribution in [0.5, 0.6) is 11.5 Å². The third-order valence-corrected chi connectivity index (χ3v) is 5.94. The number of Topliss-reactive ketones (excluding diaryl/α,β-unsaturated/α-hetero) is 1. The number of rotatable bonds is 6. The zero-order valence-electron chi connectivity index (χ0n) is 17.8. The number of ether oxygens (including phenoxy) is 2. The fraction of sp³-hybridized carbons (Fsp3) is 0.348. The lowest BCUT2D eigenvalue weighted by Crippen LogP contribution is -2.44. The summed E-state index contributed by atoms with van der Waals surface area (Å²) in [5.74, 6) is 1.15. The molecule has 1 saturated heterocycles. The van der Waals surface area contributed by atoms with E-state index in [-0.39, 0.29) is 30.8 Å². The van der Waals surface area contributed by atoms with Crippen molar-refractivity contribution < 1.29 is 19.4 Å². The number of hydrogen-bond acceptors (Lipinski definition) is 8. The van der Waals surface area contributed by atoms with Gasteiger partial charge in [-0.3, -0.25) is 14.8 Å². The zero-order chi connectivity index (χ0) is 22.1. The monoisotopic (exact) mass is 435 g/mol. The number of carbonyl (C=O) groups is 1. The van der Waals surface area contributed by atoms with Crippen molar-refractivity contribution in [2.45, 2.75) is 13.0 Å². The van der Waals surface area contributed by atoms with Gasteiger partial charge in [-0.1, -0.05) is 0 Å². The first-order chi connectivity index (χ1) is 15.7. The number of H-pyrrole nitrogens is 1. The van der Waals surface area contributed by atoms with E-state index in [4.69, 9.17) is 9.47 Å². The summed E-state index contributed by atoms with van der Waals surface area (Å²) in [5, 5.41) is 20.6. The lowest BCUT2D eigenvalue weighted by molar-refractivity contribution is 0.101. The van der Waals surface area contributed by atoms with Crippen LogP contribution in [-0.2, 0) is 0 Å². The molecule has 166 valence electrons. The van der Waals surface area contributed by atoms with Gasteiger partial charge in [0.15, 0.2) is 11.4 Å². The Labute approximate surface area is 185 Å². The molecule has 32 heavy (non-hydrogen) atoms. The largest absolute Gasteiger partial charge is 0.491 e. The smallest absolute Gasteiger partial charge is 0.232 e. The van der Waals surface area contributed by atoms with Crippen molar-refractivity contribution in [2.24, 2.45) is 0 Å². The van der Waals surface area contributed by atoms with Crippen LogP contribution in [0.2, 0.25) is 0 Å². The van der Waals surface area contributed by atoms with E-state index in [2.05, 4.69) is 32.3 Å². The van der Waals surface area contributed by atoms with Crippen LogP contribution in [0.4, 0.5) is 0 Å². The van der Waals surface area contributed by atoms with Gasteiger partial charge in [0, 0.05) is 49.9 Å². The summed E-state index contributed by atoms with van der Waals surface area (Å²) in [4.78, 5) is 19.8. The minimum Gasteiger partial charge on any atom is -0.491 e. The predicted octanol–water partition coefficient (Wildman–Crippen LogP) is 1.91. The van der Waals surface area contributed by atoms with Crippen molar-refractivity contribution in [3.63, 3.8) is 0 Å². The molecule has 0 amide bonds. The number of hydrogen-bond donors (Lipinski definition) is 3. The maximum absolute atomic E-state index is 13.2. The molecular weight excluding hydrogens is 410 g/mol. The van der Waals surface area contributed by atoms with Crippen molar-refractivity contribution >= 4 is 22.9 Å². The zero-order valence-corrected chi connectivity index (χ0v) is 17.8. The lowest BCUT2D eigenvalue weighted by Gasteiger charge is -2.34. The van der Waals surface area contributed by atoms with Crippen LogP contribution in [0.3, 0.4) is 0 Å². The van der Waals surface area contributed by atoms with Gasteiger partial charge in [-0.15, -0.1) is 0 Å². The van der Waals surface area contributed by atoms with E-state index in [1.807, 2.05) is 12.1 Å². The van der Waals surface area contributed by atoms with Crippen LogP contribution in [-0.4, -0.2) is 70.4 Å². The van der Waals surface area contributed by atoms with Crippen LogP contribution in [0.15, 0.2) is 36.2 Å². The number of piperazine rings is 1. The molecule has 3 aromatic rings. The van der Waals surface area contributed by atoms with E-state index in [0.29, 0.717) is 28.4 Å². The highest BCUT2D eigenvalue weighted by Gasteiger charge is 2.35. The second-order valence-electron chi connectivity index (χ2n) is 7.84. The highest BCUT2D eigenvalue weighted by Crippen LogP contribution is 2.44. The van der Waals surface area contributed by atoms with Gasteiger partial charge in [-0.25, -0.2) is 4.98 Å². The summed E-state index contributed by atoms with van der Waals surface area (Å²) in [5.41, 5.74) is 2.57. The first-order valence-corrected chi connectivity index (χ1v) is 10.8. The molecule has 1 unspecified atom stereocenters. The quantitative estimate of drug-likeness (QED) is 0.504. The molecule has 0 radical (unpaired) electrons. The summed E-state index contributed by atoms with van der Waals surface area (Å²) in [7, 11) is 0. The molecule has 1 atom stereocenters. The second kappa shape index (κ2) is 8.70. The van der Waals surface area contributed by atoms with Crippen molar-refractivity contribution in [1.29, 1.82) is 0 Å². The number of nitrogens with zero attached hydrogens (tertiary/aromatic N) is 3. The summed E-state index contributed by atoms with van der Waals surface area (Å²) >= 11 is 0.